The van der Waals surface area contributed by atoms with Crippen molar-refractivity contribution < 1.29 is 4.79 Å². The van der Waals surface area contributed by atoms with E-state index in [1.54, 1.807) is 0 Å². The molecule has 0 saturated carbocycles. The van der Waals surface area contributed by atoms with Crippen LogP contribution >= 0.6 is 24.4 Å². The van der Waals surface area contributed by atoms with E-state index in [2.05, 4.69) is 12.6 Å². The zero-order valence-corrected chi connectivity index (χ0v) is 10.2. The normalized spacial score (nSPS) is 10.2. The van der Waals surface area contributed by atoms with Crippen molar-refractivity contribution in [3.8, 4) is 0 Å². The molecule has 2 nitrogen and oxygen atoms in total. The second kappa shape index (κ2) is 6.80. The number of anilines is 1. The van der Waals surface area contributed by atoms with Crippen LogP contribution in [0.25, 0.3) is 0 Å². The first-order valence-corrected chi connectivity index (χ1v) is 6.45. The van der Waals surface area contributed by atoms with E-state index in [0.29, 0.717) is 6.42 Å². The molecule has 0 aliphatic carbocycles. The largest absolute Gasteiger partial charge is 0.399 e. The Labute approximate surface area is 100 Å². The van der Waals surface area contributed by atoms with Crippen LogP contribution in [0.2, 0.25) is 0 Å². The summed E-state index contributed by atoms with van der Waals surface area (Å²) < 4.78 is 0. The topological polar surface area (TPSA) is 43.1 Å². The van der Waals surface area contributed by atoms with Crippen molar-refractivity contribution in [2.75, 3.05) is 17.2 Å². The van der Waals surface area contributed by atoms with Gasteiger partial charge in [-0.1, -0.05) is 23.9 Å². The molecule has 82 valence electrons. The van der Waals surface area contributed by atoms with Gasteiger partial charge in [-0.15, -0.1) is 0 Å². The number of nitrogen functional groups attached to an aromatic ring is 1. The van der Waals surface area contributed by atoms with E-state index in [1.165, 1.54) is 11.8 Å². The Balaban J connectivity index is 2.34. The molecule has 0 spiro atoms. The van der Waals surface area contributed by atoms with Crippen LogP contribution in [0.15, 0.2) is 24.3 Å². The van der Waals surface area contributed by atoms with E-state index in [9.17, 15) is 4.79 Å². The predicted molar refractivity (Wildman–Crippen MR) is 70.5 cm³/mol. The number of carbonyl (C=O) groups is 1. The van der Waals surface area contributed by atoms with Gasteiger partial charge in [-0.2, -0.15) is 12.6 Å². The van der Waals surface area contributed by atoms with Crippen LogP contribution < -0.4 is 5.73 Å². The molecule has 0 radical (unpaired) electrons. The third kappa shape index (κ3) is 5.14. The minimum absolute atomic E-state index is 0.210. The van der Waals surface area contributed by atoms with Gasteiger partial charge in [-0.3, -0.25) is 4.79 Å². The molecule has 0 saturated heterocycles. The summed E-state index contributed by atoms with van der Waals surface area (Å²) >= 11 is 5.48. The summed E-state index contributed by atoms with van der Waals surface area (Å²) in [5, 5.41) is 0.210. The number of hydrogen-bond donors (Lipinski definition) is 2. The van der Waals surface area contributed by atoms with Gasteiger partial charge in [-0.25, -0.2) is 0 Å². The molecular weight excluding hydrogens is 226 g/mol. The quantitative estimate of drug-likeness (QED) is 0.472. The Bertz CT molecular complexity index is 311. The Morgan fingerprint density at radius 2 is 2.00 bits per heavy atom. The molecule has 4 heteroatoms. The lowest BCUT2D eigenvalue weighted by Crippen LogP contribution is -1.99. The number of nitrogens with two attached hydrogens (primary N) is 1. The minimum atomic E-state index is 0.210. The van der Waals surface area contributed by atoms with Crippen LogP contribution in [0.4, 0.5) is 5.69 Å². The monoisotopic (exact) mass is 241 g/mol. The van der Waals surface area contributed by atoms with E-state index >= 15 is 0 Å². The van der Waals surface area contributed by atoms with Crippen molar-refractivity contribution >= 4 is 35.2 Å². The van der Waals surface area contributed by atoms with Gasteiger partial charge < -0.3 is 5.73 Å². The Kier molecular flexibility index (Phi) is 5.65. The summed E-state index contributed by atoms with van der Waals surface area (Å²) in [5.74, 6) is 1.69. The van der Waals surface area contributed by atoms with Gasteiger partial charge in [0, 0.05) is 17.9 Å². The maximum atomic E-state index is 11.5. The first-order valence-electron chi connectivity index (χ1n) is 4.83. The molecule has 0 aromatic heterocycles. The van der Waals surface area contributed by atoms with Crippen molar-refractivity contribution in [1.82, 2.24) is 0 Å². The van der Waals surface area contributed by atoms with Crippen LogP contribution in [0, 0.1) is 0 Å². The van der Waals surface area contributed by atoms with Gasteiger partial charge in [0.25, 0.3) is 0 Å². The number of carbonyl (C=O) groups excluding carboxylic acids is 1. The predicted octanol–water partition coefficient (Wildman–Crippen LogP) is 2.39. The second-order valence-corrected chi connectivity index (χ2v) is 4.82. The highest BCUT2D eigenvalue weighted by Crippen LogP contribution is 2.12. The maximum absolute atomic E-state index is 11.5. The SMILES string of the molecule is Nc1ccc(CC(=O)SCCCS)cc1. The Hall–Kier alpha value is -0.610. The zero-order chi connectivity index (χ0) is 11.1. The molecule has 1 aromatic rings. The first kappa shape index (κ1) is 12.5. The smallest absolute Gasteiger partial charge is 0.193 e. The molecule has 0 atom stereocenters. The summed E-state index contributed by atoms with van der Waals surface area (Å²) in [7, 11) is 0. The van der Waals surface area contributed by atoms with Crippen molar-refractivity contribution in [2.24, 2.45) is 0 Å². The highest BCUT2D eigenvalue weighted by atomic mass is 32.2. The van der Waals surface area contributed by atoms with Crippen LogP contribution in [0.3, 0.4) is 0 Å². The third-order valence-corrected chi connectivity index (χ3v) is 3.17. The summed E-state index contributed by atoms with van der Waals surface area (Å²) in [6.07, 6.45) is 1.46. The van der Waals surface area contributed by atoms with Crippen molar-refractivity contribution in [2.45, 2.75) is 12.8 Å². The average Bonchev–Trinajstić information content (AvgIpc) is 2.22. The zero-order valence-electron chi connectivity index (χ0n) is 8.48. The Morgan fingerprint density at radius 1 is 1.33 bits per heavy atom. The van der Waals surface area contributed by atoms with Crippen LogP contribution in [0.5, 0.6) is 0 Å². The number of hydrogen-bond acceptors (Lipinski definition) is 4. The average molecular weight is 241 g/mol. The molecule has 1 rings (SSSR count). The van der Waals surface area contributed by atoms with Crippen molar-refractivity contribution in [1.29, 1.82) is 0 Å². The number of thiol groups is 1. The standard InChI is InChI=1S/C11H15NOS2/c12-10-4-2-9(3-5-10)8-11(13)15-7-1-6-14/h2-5,14H,1,6-8,12H2. The molecule has 0 aliphatic rings. The van der Waals surface area contributed by atoms with E-state index in [1.807, 2.05) is 24.3 Å². The van der Waals surface area contributed by atoms with Gasteiger partial charge in [0.15, 0.2) is 5.12 Å². The lowest BCUT2D eigenvalue weighted by Gasteiger charge is -2.01. The van der Waals surface area contributed by atoms with Gasteiger partial charge >= 0.3 is 0 Å². The molecule has 0 heterocycles. The fourth-order valence-electron chi connectivity index (χ4n) is 1.10. The first-order chi connectivity index (χ1) is 7.22. The molecule has 0 unspecified atom stereocenters. The lowest BCUT2D eigenvalue weighted by atomic mass is 10.1. The summed E-state index contributed by atoms with van der Waals surface area (Å²) in [6.45, 7) is 0. The van der Waals surface area contributed by atoms with E-state index in [0.717, 1.165) is 29.2 Å². The van der Waals surface area contributed by atoms with Crippen molar-refractivity contribution in [3.63, 3.8) is 0 Å². The maximum Gasteiger partial charge on any atom is 0.193 e. The van der Waals surface area contributed by atoms with E-state index in [-0.39, 0.29) is 5.12 Å². The van der Waals surface area contributed by atoms with Crippen LogP contribution in [-0.2, 0) is 11.2 Å². The van der Waals surface area contributed by atoms with Crippen LogP contribution in [0.1, 0.15) is 12.0 Å². The molecule has 2 N–H and O–H groups in total. The fraction of sp³-hybridized carbons (Fsp3) is 0.364. The van der Waals surface area contributed by atoms with E-state index in [4.69, 9.17) is 5.73 Å². The fourth-order valence-corrected chi connectivity index (χ4v) is 2.26. The molecule has 0 bridgehead atoms. The number of thioether (sulfide) groups is 1. The minimum Gasteiger partial charge on any atom is -0.399 e. The Morgan fingerprint density at radius 3 is 2.60 bits per heavy atom. The molecule has 0 amide bonds. The third-order valence-electron chi connectivity index (χ3n) is 1.89. The van der Waals surface area contributed by atoms with Crippen LogP contribution in [-0.4, -0.2) is 16.6 Å². The number of rotatable bonds is 5. The highest BCUT2D eigenvalue weighted by Gasteiger charge is 2.03. The van der Waals surface area contributed by atoms with E-state index < -0.39 is 0 Å². The van der Waals surface area contributed by atoms with Gasteiger partial charge in [0.05, 0.1) is 0 Å². The number of benzene rings is 1. The summed E-state index contributed by atoms with van der Waals surface area (Å²) in [6, 6.07) is 7.43. The second-order valence-electron chi connectivity index (χ2n) is 3.22. The lowest BCUT2D eigenvalue weighted by molar-refractivity contribution is -0.110. The van der Waals surface area contributed by atoms with Gasteiger partial charge in [-0.05, 0) is 29.9 Å². The van der Waals surface area contributed by atoms with Gasteiger partial charge in [0.2, 0.25) is 0 Å². The molecule has 0 fully saturated rings. The molecule has 1 aromatic carbocycles. The van der Waals surface area contributed by atoms with Gasteiger partial charge in [0.1, 0.15) is 0 Å². The molecule has 0 aliphatic heterocycles. The highest BCUT2D eigenvalue weighted by molar-refractivity contribution is 8.13. The van der Waals surface area contributed by atoms with Crippen molar-refractivity contribution in [3.05, 3.63) is 29.8 Å². The molecular formula is C11H15NOS2. The summed E-state index contributed by atoms with van der Waals surface area (Å²) in [5.41, 5.74) is 7.31. The molecule has 15 heavy (non-hydrogen) atoms. The summed E-state index contributed by atoms with van der Waals surface area (Å²) in [4.78, 5) is 11.5.